The molecule has 1 aromatic rings. The van der Waals surface area contributed by atoms with Crippen LogP contribution in [0.2, 0.25) is 0 Å². The lowest BCUT2D eigenvalue weighted by atomic mass is 9.52. The molecule has 0 radical (unpaired) electrons. The highest BCUT2D eigenvalue weighted by atomic mass is 16.3. The Hall–Kier alpha value is -2.91. The second-order valence-electron chi connectivity index (χ2n) is 14.0. The number of Topliss-reactive ketones (excluding diaryl/α,β-unsaturated/α-hetero) is 4. The summed E-state index contributed by atoms with van der Waals surface area (Å²) >= 11 is 0. The number of carbonyl (C=O) groups is 5. The van der Waals surface area contributed by atoms with Gasteiger partial charge in [-0.05, 0) is 76.6 Å². The third-order valence-electron chi connectivity index (χ3n) is 8.82. The lowest BCUT2D eigenvalue weighted by Gasteiger charge is -2.52. The predicted molar refractivity (Wildman–Crippen MR) is 148 cm³/mol. The number of benzene rings is 1. The second-order valence-corrected chi connectivity index (χ2v) is 14.0. The Morgan fingerprint density at radius 1 is 1.07 bits per heavy atom. The lowest BCUT2D eigenvalue weighted by molar-refractivity contribution is -0.181. The molecule has 2 unspecified atom stereocenters. The number of phenols is 1. The summed E-state index contributed by atoms with van der Waals surface area (Å²) in [6, 6.07) is 0.833. The average molecular weight is 555 g/mol. The van der Waals surface area contributed by atoms with Crippen LogP contribution in [0.5, 0.6) is 5.75 Å². The van der Waals surface area contributed by atoms with Gasteiger partial charge in [0.05, 0.1) is 17.5 Å². The first kappa shape index (κ1) is 30.1. The summed E-state index contributed by atoms with van der Waals surface area (Å²) in [5.74, 6) is -9.43. The molecule has 0 spiro atoms. The van der Waals surface area contributed by atoms with Crippen molar-refractivity contribution in [3.05, 3.63) is 28.3 Å². The van der Waals surface area contributed by atoms with Gasteiger partial charge >= 0.3 is 0 Å². The Balaban J connectivity index is 1.87. The minimum absolute atomic E-state index is 0.0664. The van der Waals surface area contributed by atoms with Gasteiger partial charge in [-0.3, -0.25) is 28.9 Å². The van der Waals surface area contributed by atoms with Crippen LogP contribution in [-0.2, 0) is 37.4 Å². The smallest absolute Gasteiger partial charge is 0.238 e. The standard InChI is InChI=1S/C31H42N2O7/c1-10-14-12-18(29(2,3)4)23(34)20-16(14)11-15-13-17-22(33(8)9)25(36)21(28(39)32-30(5,6)7)27(38)31(17,40)26(37)19(15)24(20)35/h12,15,17,19,21-22,34,40H,10-11,13H2,1-9H3,(H,32,39)/t15-,17-,19?,21?,22-,31-/m0/s1. The number of amides is 1. The Morgan fingerprint density at radius 2 is 1.68 bits per heavy atom. The number of hydrogen-bond acceptors (Lipinski definition) is 8. The topological polar surface area (TPSA) is 141 Å². The molecule has 6 atom stereocenters. The fraction of sp³-hybridized carbons (Fsp3) is 0.645. The molecule has 2 saturated carbocycles. The molecule has 3 aliphatic rings. The molecular weight excluding hydrogens is 512 g/mol. The van der Waals surface area contributed by atoms with Crippen LogP contribution in [0.25, 0.3) is 0 Å². The normalized spacial score (nSPS) is 30.6. The van der Waals surface area contributed by atoms with Gasteiger partial charge in [-0.1, -0.05) is 33.8 Å². The molecule has 4 rings (SSSR count). The van der Waals surface area contributed by atoms with Gasteiger partial charge in [0.1, 0.15) is 5.75 Å². The second kappa shape index (κ2) is 9.58. The SMILES string of the molecule is CCc1cc(C(C)(C)C)c(O)c2c1C[C@H]1C[C@H]3[C@H](N(C)C)C(=O)C(C(=O)NC(C)(C)C)C(=O)[C@@]3(O)C(=O)C1C2=O. The van der Waals surface area contributed by atoms with E-state index < -0.39 is 75.3 Å². The quantitative estimate of drug-likeness (QED) is 0.483. The van der Waals surface area contributed by atoms with Gasteiger partial charge < -0.3 is 15.5 Å². The third-order valence-corrected chi connectivity index (χ3v) is 8.82. The van der Waals surface area contributed by atoms with Crippen molar-refractivity contribution in [2.24, 2.45) is 23.7 Å². The van der Waals surface area contributed by atoms with Crippen LogP contribution in [-0.4, -0.2) is 75.4 Å². The zero-order valence-corrected chi connectivity index (χ0v) is 25.0. The van der Waals surface area contributed by atoms with Crippen LogP contribution in [0.3, 0.4) is 0 Å². The molecule has 9 nitrogen and oxygen atoms in total. The molecule has 3 aliphatic carbocycles. The fourth-order valence-electron chi connectivity index (χ4n) is 7.06. The van der Waals surface area contributed by atoms with Crippen LogP contribution >= 0.6 is 0 Å². The van der Waals surface area contributed by atoms with Gasteiger partial charge in [-0.15, -0.1) is 0 Å². The first-order valence-corrected chi connectivity index (χ1v) is 14.0. The van der Waals surface area contributed by atoms with E-state index in [1.165, 1.54) is 4.90 Å². The van der Waals surface area contributed by atoms with Crippen molar-refractivity contribution >= 4 is 29.0 Å². The number of aliphatic hydroxyl groups is 1. The fourth-order valence-corrected chi connectivity index (χ4v) is 7.06. The molecule has 9 heteroatoms. The Morgan fingerprint density at radius 3 is 2.17 bits per heavy atom. The Labute approximate surface area is 235 Å². The molecule has 40 heavy (non-hydrogen) atoms. The third kappa shape index (κ3) is 4.42. The van der Waals surface area contributed by atoms with Gasteiger partial charge in [0.25, 0.3) is 0 Å². The monoisotopic (exact) mass is 554 g/mol. The molecule has 0 aromatic heterocycles. The number of hydrogen-bond donors (Lipinski definition) is 3. The van der Waals surface area contributed by atoms with E-state index in [1.807, 2.05) is 33.8 Å². The summed E-state index contributed by atoms with van der Waals surface area (Å²) in [6.07, 6.45) is 0.970. The number of likely N-dealkylation sites (N-methyl/N-ethyl adjacent to an activating group) is 1. The largest absolute Gasteiger partial charge is 0.507 e. The number of rotatable bonds is 3. The average Bonchev–Trinajstić information content (AvgIpc) is 2.79. The highest BCUT2D eigenvalue weighted by molar-refractivity contribution is 6.32. The summed E-state index contributed by atoms with van der Waals surface area (Å²) in [6.45, 7) is 12.8. The van der Waals surface area contributed by atoms with Crippen molar-refractivity contribution in [2.75, 3.05) is 14.1 Å². The van der Waals surface area contributed by atoms with Crippen LogP contribution in [0.1, 0.15) is 81.9 Å². The summed E-state index contributed by atoms with van der Waals surface area (Å²) < 4.78 is 0. The summed E-state index contributed by atoms with van der Waals surface area (Å²) in [7, 11) is 3.22. The van der Waals surface area contributed by atoms with E-state index >= 15 is 0 Å². The number of ketones is 4. The van der Waals surface area contributed by atoms with E-state index in [0.29, 0.717) is 24.0 Å². The van der Waals surface area contributed by atoms with E-state index in [1.54, 1.807) is 34.9 Å². The predicted octanol–water partition coefficient (Wildman–Crippen LogP) is 2.16. The maximum absolute atomic E-state index is 14.2. The van der Waals surface area contributed by atoms with E-state index in [-0.39, 0.29) is 17.7 Å². The van der Waals surface area contributed by atoms with Crippen molar-refractivity contribution in [1.82, 2.24) is 10.2 Å². The van der Waals surface area contributed by atoms with Crippen molar-refractivity contribution in [2.45, 2.75) is 90.3 Å². The molecule has 0 saturated heterocycles. The lowest BCUT2D eigenvalue weighted by Crippen LogP contribution is -2.74. The first-order valence-electron chi connectivity index (χ1n) is 14.0. The minimum atomic E-state index is -2.69. The van der Waals surface area contributed by atoms with Crippen molar-refractivity contribution in [3.8, 4) is 5.75 Å². The number of carbonyl (C=O) groups excluding carboxylic acids is 5. The maximum Gasteiger partial charge on any atom is 0.238 e. The Bertz CT molecular complexity index is 1320. The number of fused-ring (bicyclic) bond motifs is 3. The highest BCUT2D eigenvalue weighted by Crippen LogP contribution is 2.52. The van der Waals surface area contributed by atoms with Crippen LogP contribution in [0.4, 0.5) is 0 Å². The van der Waals surface area contributed by atoms with Gasteiger partial charge in [-0.2, -0.15) is 0 Å². The maximum atomic E-state index is 14.2. The van der Waals surface area contributed by atoms with E-state index in [2.05, 4.69) is 5.32 Å². The van der Waals surface area contributed by atoms with Gasteiger partial charge in [-0.25, -0.2) is 0 Å². The minimum Gasteiger partial charge on any atom is -0.507 e. The number of nitrogens with zero attached hydrogens (tertiary/aromatic N) is 1. The van der Waals surface area contributed by atoms with Crippen LogP contribution in [0.15, 0.2) is 6.07 Å². The number of aryl methyl sites for hydroxylation is 1. The van der Waals surface area contributed by atoms with Crippen LogP contribution in [0, 0.1) is 23.7 Å². The zero-order chi connectivity index (χ0) is 30.3. The molecule has 0 bridgehead atoms. The molecule has 3 N–H and O–H groups in total. The van der Waals surface area contributed by atoms with E-state index in [4.69, 9.17) is 0 Å². The van der Waals surface area contributed by atoms with Crippen LogP contribution < -0.4 is 5.32 Å². The first-order chi connectivity index (χ1) is 18.3. The van der Waals surface area contributed by atoms with Crippen molar-refractivity contribution in [3.63, 3.8) is 0 Å². The summed E-state index contributed by atoms with van der Waals surface area (Å²) in [4.78, 5) is 70.5. The molecule has 218 valence electrons. The van der Waals surface area contributed by atoms with Gasteiger partial charge in [0.15, 0.2) is 34.7 Å². The van der Waals surface area contributed by atoms with Crippen molar-refractivity contribution in [1.29, 1.82) is 0 Å². The van der Waals surface area contributed by atoms with Crippen molar-refractivity contribution < 1.29 is 34.2 Å². The van der Waals surface area contributed by atoms with Gasteiger partial charge in [0.2, 0.25) is 5.91 Å². The highest BCUT2D eigenvalue weighted by Gasteiger charge is 2.69. The molecule has 1 amide bonds. The molecular formula is C31H42N2O7. The number of nitrogens with one attached hydrogen (secondary N) is 1. The zero-order valence-electron chi connectivity index (χ0n) is 25.0. The molecule has 2 fully saturated rings. The van der Waals surface area contributed by atoms with E-state index in [0.717, 1.165) is 5.56 Å². The molecule has 1 aromatic carbocycles. The van der Waals surface area contributed by atoms with Gasteiger partial charge in [0, 0.05) is 17.0 Å². The summed E-state index contributed by atoms with van der Waals surface area (Å²) in [5, 5.41) is 25.9. The summed E-state index contributed by atoms with van der Waals surface area (Å²) in [5.41, 5.74) is -1.71. The van der Waals surface area contributed by atoms with E-state index in [9.17, 15) is 34.2 Å². The molecule has 0 heterocycles. The number of phenolic OH excluding ortho intramolecular Hbond substituents is 1. The number of aromatic hydroxyl groups is 1. The Kier molecular flexibility index (Phi) is 7.20. The molecule has 0 aliphatic heterocycles.